The zero-order chi connectivity index (χ0) is 25.6. The minimum atomic E-state index is 0.387. The van der Waals surface area contributed by atoms with E-state index < -0.39 is 0 Å². The van der Waals surface area contributed by atoms with Crippen LogP contribution >= 0.6 is 0 Å². The van der Waals surface area contributed by atoms with Gasteiger partial charge in [-0.1, -0.05) is 128 Å². The first-order valence-electron chi connectivity index (χ1n) is 13.9. The van der Waals surface area contributed by atoms with Crippen molar-refractivity contribution in [3.8, 4) is 0 Å². The summed E-state index contributed by atoms with van der Waals surface area (Å²) in [7, 11) is 0. The summed E-state index contributed by atoms with van der Waals surface area (Å²) >= 11 is 0. The van der Waals surface area contributed by atoms with Crippen LogP contribution in [0.25, 0.3) is 0 Å². The minimum absolute atomic E-state index is 0.387. The third kappa shape index (κ3) is 4.30. The fourth-order valence-electron chi connectivity index (χ4n) is 7.43. The van der Waals surface area contributed by atoms with Crippen molar-refractivity contribution in [3.05, 3.63) is 130 Å². The largest absolute Gasteiger partial charge is 0.0995 e. The Hall–Kier alpha value is -2.86. The van der Waals surface area contributed by atoms with Gasteiger partial charge >= 0.3 is 0 Å². The molecule has 0 radical (unpaired) electrons. The third-order valence-electron chi connectivity index (χ3n) is 9.11. The van der Waals surface area contributed by atoms with Crippen LogP contribution in [-0.4, -0.2) is 0 Å². The minimum Gasteiger partial charge on any atom is -0.0995 e. The monoisotopic (exact) mass is 474 g/mol. The van der Waals surface area contributed by atoms with Gasteiger partial charge in [-0.3, -0.25) is 0 Å². The Balaban J connectivity index is 1.50. The van der Waals surface area contributed by atoms with Gasteiger partial charge in [-0.15, -0.1) is 0 Å². The molecule has 0 aromatic heterocycles. The highest BCUT2D eigenvalue weighted by Crippen LogP contribution is 2.56. The van der Waals surface area contributed by atoms with Crippen LogP contribution < -0.4 is 0 Å². The van der Waals surface area contributed by atoms with Crippen LogP contribution in [0.1, 0.15) is 70.4 Å². The second-order valence-electron chi connectivity index (χ2n) is 11.7. The Labute approximate surface area is 219 Å². The van der Waals surface area contributed by atoms with Crippen molar-refractivity contribution < 1.29 is 0 Å². The van der Waals surface area contributed by atoms with Gasteiger partial charge < -0.3 is 0 Å². The number of fused-ring (bicyclic) bond motifs is 1. The molecule has 5 unspecified atom stereocenters. The lowest BCUT2D eigenvalue weighted by Gasteiger charge is -2.42. The van der Waals surface area contributed by atoms with Crippen LogP contribution in [0.15, 0.2) is 118 Å². The van der Waals surface area contributed by atoms with Crippen LogP contribution in [0.3, 0.4) is 0 Å². The molecule has 36 heavy (non-hydrogen) atoms. The summed E-state index contributed by atoms with van der Waals surface area (Å²) in [6.07, 6.45) is 18.8. The number of hydrogen-bond donors (Lipinski definition) is 0. The van der Waals surface area contributed by atoms with Gasteiger partial charge in [-0.2, -0.15) is 0 Å². The van der Waals surface area contributed by atoms with Gasteiger partial charge in [0.15, 0.2) is 0 Å². The number of allylic oxidation sites excluding steroid dienone is 14. The third-order valence-corrected chi connectivity index (χ3v) is 9.11. The summed E-state index contributed by atoms with van der Waals surface area (Å²) in [4.78, 5) is 0. The summed E-state index contributed by atoms with van der Waals surface area (Å²) in [5.41, 5.74) is 14.4. The van der Waals surface area contributed by atoms with E-state index in [2.05, 4.69) is 102 Å². The molecule has 0 bridgehead atoms. The van der Waals surface area contributed by atoms with Gasteiger partial charge in [0.1, 0.15) is 0 Å². The van der Waals surface area contributed by atoms with E-state index in [9.17, 15) is 0 Å². The second kappa shape index (κ2) is 9.89. The Morgan fingerprint density at radius 3 is 2.50 bits per heavy atom. The summed E-state index contributed by atoms with van der Waals surface area (Å²) < 4.78 is 0. The number of aryl methyl sites for hydroxylation is 1. The maximum Gasteiger partial charge on any atom is 0.0264 e. The molecule has 0 heterocycles. The molecule has 5 atom stereocenters. The predicted molar refractivity (Wildman–Crippen MR) is 156 cm³/mol. The molecule has 0 aliphatic heterocycles. The van der Waals surface area contributed by atoms with Gasteiger partial charge in [0.25, 0.3) is 0 Å². The molecule has 186 valence electrons. The first kappa shape index (κ1) is 24.8. The molecule has 1 saturated carbocycles. The molecular weight excluding hydrogens is 432 g/mol. The van der Waals surface area contributed by atoms with Crippen LogP contribution in [-0.2, 0) is 0 Å². The molecule has 4 aliphatic carbocycles. The van der Waals surface area contributed by atoms with E-state index in [-0.39, 0.29) is 0 Å². The number of hydrogen-bond acceptors (Lipinski definition) is 0. The van der Waals surface area contributed by atoms with Crippen LogP contribution in [0.4, 0.5) is 0 Å². The lowest BCUT2D eigenvalue weighted by Crippen LogP contribution is -2.34. The molecule has 0 saturated heterocycles. The normalized spacial score (nSPS) is 30.6. The molecule has 0 heteroatoms. The molecule has 1 aromatic carbocycles. The van der Waals surface area contributed by atoms with Gasteiger partial charge in [0, 0.05) is 11.8 Å². The Bertz CT molecular complexity index is 1260. The van der Waals surface area contributed by atoms with Crippen molar-refractivity contribution in [3.63, 3.8) is 0 Å². The quantitative estimate of drug-likeness (QED) is 0.360. The maximum atomic E-state index is 4.75. The van der Waals surface area contributed by atoms with E-state index in [1.165, 1.54) is 51.0 Å². The number of benzene rings is 1. The van der Waals surface area contributed by atoms with Crippen molar-refractivity contribution in [2.75, 3.05) is 0 Å². The lowest BCUT2D eigenvalue weighted by atomic mass is 9.62. The Kier molecular flexibility index (Phi) is 6.82. The van der Waals surface area contributed by atoms with Crippen LogP contribution in [0.2, 0.25) is 0 Å². The van der Waals surface area contributed by atoms with E-state index in [1.807, 2.05) is 0 Å². The van der Waals surface area contributed by atoms with Gasteiger partial charge in [-0.05, 0) is 80.1 Å². The Morgan fingerprint density at radius 2 is 1.83 bits per heavy atom. The summed E-state index contributed by atoms with van der Waals surface area (Å²) in [5, 5.41) is 0. The molecule has 0 N–H and O–H groups in total. The zero-order valence-corrected chi connectivity index (χ0v) is 22.9. The predicted octanol–water partition coefficient (Wildman–Crippen LogP) is 9.91. The van der Waals surface area contributed by atoms with E-state index in [0.717, 1.165) is 19.3 Å². The van der Waals surface area contributed by atoms with E-state index in [4.69, 9.17) is 6.58 Å². The van der Waals surface area contributed by atoms with Crippen LogP contribution in [0, 0.1) is 30.6 Å². The zero-order valence-electron chi connectivity index (χ0n) is 22.9. The standard InChI is InChI=1S/C36H42/c1-8-11-23(3)33-24(4)19-32-21-31(27(7)35(32)36(33)28-12-9-10-13-28)20-30-18-25(5)34(26(30)6)29-16-14-22(2)15-17-29/h9-10,12,14-20,24,33-36H,3,7-8,11,13,21H2,1-2,4-6H3/b31-20-. The van der Waals surface area contributed by atoms with Gasteiger partial charge in [-0.25, -0.2) is 0 Å². The average molecular weight is 475 g/mol. The average Bonchev–Trinajstić information content (AvgIpc) is 3.54. The molecule has 0 nitrogen and oxygen atoms in total. The number of rotatable bonds is 6. The van der Waals surface area contributed by atoms with Crippen molar-refractivity contribution in [1.82, 2.24) is 0 Å². The topological polar surface area (TPSA) is 0 Å². The van der Waals surface area contributed by atoms with Gasteiger partial charge in [0.2, 0.25) is 0 Å². The fourth-order valence-corrected chi connectivity index (χ4v) is 7.43. The molecule has 5 rings (SSSR count). The smallest absolute Gasteiger partial charge is 0.0264 e. The summed E-state index contributed by atoms with van der Waals surface area (Å²) in [6, 6.07) is 9.06. The molecular formula is C36H42. The van der Waals surface area contributed by atoms with Crippen molar-refractivity contribution in [1.29, 1.82) is 0 Å². The van der Waals surface area contributed by atoms with E-state index in [1.54, 1.807) is 11.1 Å². The Morgan fingerprint density at radius 1 is 1.08 bits per heavy atom. The van der Waals surface area contributed by atoms with Crippen molar-refractivity contribution in [2.45, 2.75) is 66.2 Å². The SMILES string of the molecule is C=C1/C(=C\C2=C(C)C(c3ccc(C)cc3)C(C)=C2)CC2=CC(C)C(C(=C)CCC)C(C3=CC=CC3)C12. The van der Waals surface area contributed by atoms with E-state index in [0.29, 0.717) is 29.6 Å². The highest BCUT2D eigenvalue weighted by molar-refractivity contribution is 5.59. The highest BCUT2D eigenvalue weighted by Gasteiger charge is 2.45. The van der Waals surface area contributed by atoms with Gasteiger partial charge in [0.05, 0.1) is 0 Å². The summed E-state index contributed by atoms with van der Waals surface area (Å²) in [6.45, 7) is 20.8. The lowest BCUT2D eigenvalue weighted by molar-refractivity contribution is 0.281. The molecule has 1 fully saturated rings. The fraction of sp³-hybridized carbons (Fsp3) is 0.389. The molecule has 1 aromatic rings. The molecule has 0 spiro atoms. The van der Waals surface area contributed by atoms with Crippen LogP contribution in [0.5, 0.6) is 0 Å². The van der Waals surface area contributed by atoms with E-state index >= 15 is 0 Å². The molecule has 0 amide bonds. The van der Waals surface area contributed by atoms with Crippen molar-refractivity contribution >= 4 is 0 Å². The highest BCUT2D eigenvalue weighted by atomic mass is 14.5. The first-order valence-corrected chi connectivity index (χ1v) is 13.9. The van der Waals surface area contributed by atoms with Crippen molar-refractivity contribution in [2.24, 2.45) is 23.7 Å². The molecule has 4 aliphatic rings. The second-order valence-corrected chi connectivity index (χ2v) is 11.7. The summed E-state index contributed by atoms with van der Waals surface area (Å²) in [5.74, 6) is 2.31. The maximum absolute atomic E-state index is 4.75. The first-order chi connectivity index (χ1) is 17.3.